The summed E-state index contributed by atoms with van der Waals surface area (Å²) in [4.78, 5) is 20.7. The average molecular weight is 937 g/mol. The summed E-state index contributed by atoms with van der Waals surface area (Å²) in [6, 6.07) is 0. The number of halogens is 2. The van der Waals surface area contributed by atoms with Crippen LogP contribution in [0.15, 0.2) is 21.2 Å². The van der Waals surface area contributed by atoms with Crippen LogP contribution in [0.2, 0.25) is 0 Å². The third-order valence-electron chi connectivity index (χ3n) is 0.909. The first-order chi connectivity index (χ1) is 7.36. The molecule has 0 saturated heterocycles. The standard InChI is InChI=1S/C5H6BrO2.C5H6IO2.2Rf/c2*1-3-8-5(7)4(2)6;;/h2*1-3H2;;/q2*-1;;. The van der Waals surface area contributed by atoms with Crippen LogP contribution in [0, 0.1) is 13.8 Å². The molecule has 0 atom stereocenters. The minimum absolute atomic E-state index is 0. The van der Waals surface area contributed by atoms with Gasteiger partial charge in [0.05, 0.1) is 8.06 Å². The van der Waals surface area contributed by atoms with Crippen molar-refractivity contribution in [3.63, 3.8) is 0 Å². The second-order valence-electron chi connectivity index (χ2n) is 2.08. The molecule has 0 rings (SSSR count). The van der Waals surface area contributed by atoms with Crippen molar-refractivity contribution < 1.29 is 19.1 Å². The van der Waals surface area contributed by atoms with Gasteiger partial charge in [0.1, 0.15) is 0 Å². The van der Waals surface area contributed by atoms with Gasteiger partial charge in [0.2, 0.25) is 0 Å². The molecule has 0 heterocycles. The fourth-order valence-electron chi connectivity index (χ4n) is 0.342. The molecule has 0 spiro atoms. The van der Waals surface area contributed by atoms with E-state index in [1.165, 1.54) is 0 Å². The smallest absolute Gasteiger partial charge is 0.341 e. The van der Waals surface area contributed by atoms with E-state index in [1.54, 1.807) is 22.6 Å². The van der Waals surface area contributed by atoms with Crippen molar-refractivity contribution in [2.24, 2.45) is 0 Å². The SMILES string of the molecule is C=C(Br)C(=O)OC[CH2-].C=C(I)C(=O)OC[CH2-].[Rf].[Rf]. The van der Waals surface area contributed by atoms with Crippen molar-refractivity contribution in [2.45, 2.75) is 0 Å². The zero-order valence-corrected chi connectivity index (χ0v) is 26.6. The molecule has 0 saturated carbocycles. The molecular weight excluding hydrogens is 925 g/mol. The van der Waals surface area contributed by atoms with E-state index < -0.39 is 5.97 Å². The van der Waals surface area contributed by atoms with Crippen LogP contribution >= 0.6 is 38.5 Å². The van der Waals surface area contributed by atoms with Crippen LogP contribution < -0.4 is 0 Å². The molecule has 0 radical (unpaired) electrons. The molecule has 0 unspecified atom stereocenters. The van der Waals surface area contributed by atoms with E-state index in [0.717, 1.165) is 0 Å². The van der Waals surface area contributed by atoms with Gasteiger partial charge in [0.15, 0.2) is 0 Å². The predicted molar refractivity (Wildman–Crippen MR) is 73.9 cm³/mol. The van der Waals surface area contributed by atoms with Crippen LogP contribution in [-0.4, -0.2) is 25.2 Å². The topological polar surface area (TPSA) is 52.6 Å². The van der Waals surface area contributed by atoms with E-state index in [2.05, 4.69) is 52.4 Å². The number of esters is 2. The first-order valence-electron chi connectivity index (χ1n) is 3.98. The summed E-state index contributed by atoms with van der Waals surface area (Å²) in [6.45, 7) is 13.6. The van der Waals surface area contributed by atoms with Gasteiger partial charge in [-0.2, -0.15) is 0 Å². The van der Waals surface area contributed by atoms with Crippen molar-refractivity contribution in [2.75, 3.05) is 13.2 Å². The van der Waals surface area contributed by atoms with Crippen LogP contribution in [-0.2, 0) is 19.1 Å². The molecule has 0 amide bonds. The van der Waals surface area contributed by atoms with Crippen LogP contribution in [0.25, 0.3) is 0 Å². The number of hydrogen-bond acceptors (Lipinski definition) is 4. The summed E-state index contributed by atoms with van der Waals surface area (Å²) in [7, 11) is 0. The minimum Gasteiger partial charge on any atom is -0.495 e. The first kappa shape index (κ1) is 24.7. The van der Waals surface area contributed by atoms with Crippen LogP contribution in [0.1, 0.15) is 0 Å². The van der Waals surface area contributed by atoms with E-state index in [0.29, 0.717) is 3.58 Å². The molecule has 8 heteroatoms. The maximum absolute atomic E-state index is 10.4. The first-order valence-corrected chi connectivity index (χ1v) is 5.85. The number of hydrogen-bond donors (Lipinski definition) is 0. The molecule has 0 fully saturated rings. The quantitative estimate of drug-likeness (QED) is 0.189. The number of carbonyl (C=O) groups is 2. The molecule has 0 aliphatic heterocycles. The molecule has 0 aromatic rings. The summed E-state index contributed by atoms with van der Waals surface area (Å²) >= 11 is 4.64. The predicted octanol–water partition coefficient (Wildman–Crippen LogP) is 2.58. The van der Waals surface area contributed by atoms with E-state index in [4.69, 9.17) is 0 Å². The van der Waals surface area contributed by atoms with Crippen LogP contribution in [0.3, 0.4) is 0 Å². The summed E-state index contributed by atoms with van der Waals surface area (Å²) in [6.07, 6.45) is 0. The van der Waals surface area contributed by atoms with Gasteiger partial charge in [0.25, 0.3) is 0 Å². The van der Waals surface area contributed by atoms with Crippen LogP contribution in [0.4, 0.5) is 0 Å². The Hall–Kier alpha value is -2.37. The van der Waals surface area contributed by atoms with Crippen molar-refractivity contribution in [1.82, 2.24) is 0 Å². The second-order valence-corrected chi connectivity index (χ2v) is 4.34. The molecule has 0 N–H and O–H groups in total. The zero-order chi connectivity index (χ0) is 13.1. The Morgan fingerprint density at radius 1 is 1.06 bits per heavy atom. The summed E-state index contributed by atoms with van der Waals surface area (Å²) < 4.78 is 9.46. The normalized spacial score (nSPS) is 7.33. The molecule has 96 valence electrons. The maximum Gasteiger partial charge on any atom is 0.341 e. The Morgan fingerprint density at radius 3 is 1.50 bits per heavy atom. The third kappa shape index (κ3) is 16.1. The monoisotopic (exact) mass is 936 g/mol. The van der Waals surface area contributed by atoms with Crippen molar-refractivity contribution in [3.8, 4) is 0 Å². The molecule has 0 aliphatic carbocycles. The fourth-order valence-corrected chi connectivity index (χ4v) is 0.612. The minimum atomic E-state index is -0.458. The molecule has 0 bridgehead atoms. The average Bonchev–Trinajstić information content (AvgIpc) is 2.19. The Morgan fingerprint density at radius 2 is 1.39 bits per heavy atom. The number of ether oxygens (including phenoxy) is 2. The summed E-state index contributed by atoms with van der Waals surface area (Å²) in [5.41, 5.74) is 0. The fraction of sp³-hybridized carbons (Fsp3) is 0.200. The summed E-state index contributed by atoms with van der Waals surface area (Å²) in [5.74, 6) is -0.847. The molecule has 4 nitrogen and oxygen atoms in total. The van der Waals surface area contributed by atoms with Gasteiger partial charge >= 0.3 is 11.9 Å². The molecule has 0 aliphatic rings. The van der Waals surface area contributed by atoms with Crippen LogP contribution in [0.5, 0.6) is 0 Å². The zero-order valence-electron chi connectivity index (χ0n) is 10.0. The van der Waals surface area contributed by atoms with Crippen molar-refractivity contribution in [1.29, 1.82) is 0 Å². The van der Waals surface area contributed by atoms with E-state index in [1.807, 2.05) is 0 Å². The van der Waals surface area contributed by atoms with Gasteiger partial charge in [-0.1, -0.05) is 13.2 Å². The summed E-state index contributed by atoms with van der Waals surface area (Å²) in [5, 5.41) is 0. The maximum atomic E-state index is 10.4. The Balaban J connectivity index is -0.0000000980. The van der Waals surface area contributed by atoms with E-state index in [-0.39, 0.29) is 23.7 Å². The van der Waals surface area contributed by atoms with E-state index >= 15 is 0 Å². The largest absolute Gasteiger partial charge is 0.495 e. The van der Waals surface area contributed by atoms with Crippen molar-refractivity contribution >= 4 is 50.5 Å². The van der Waals surface area contributed by atoms with Gasteiger partial charge in [-0.25, -0.2) is 9.59 Å². The third-order valence-corrected chi connectivity index (χ3v) is 1.67. The van der Waals surface area contributed by atoms with Gasteiger partial charge in [-0.15, -0.1) is 0 Å². The van der Waals surface area contributed by atoms with Gasteiger partial charge in [-0.3, -0.25) is 0 Å². The Labute approximate surface area is 117 Å². The van der Waals surface area contributed by atoms with E-state index in [9.17, 15) is 9.59 Å². The van der Waals surface area contributed by atoms with Gasteiger partial charge in [-0.05, 0) is 51.7 Å². The molecule has 0 aromatic heterocycles. The molecule has 18 heavy (non-hydrogen) atoms. The van der Waals surface area contributed by atoms with Gasteiger partial charge < -0.3 is 23.3 Å². The van der Waals surface area contributed by atoms with Gasteiger partial charge in [0, 0.05) is 0 Å². The second kappa shape index (κ2) is 14.6. The Bertz CT molecular complexity index is 257. The molecular formula is C10H12BrIO4Rf2-2. The number of carbonyl (C=O) groups excluding carboxylic acids is 2. The Kier molecular flexibility index (Phi) is 20.1. The molecule has 0 aromatic carbocycles. The van der Waals surface area contributed by atoms with Crippen molar-refractivity contribution in [3.05, 3.63) is 35.1 Å². The number of rotatable bonds is 4.